The number of aromatic nitrogens is 1. The molecule has 3 rings (SSSR count). The Morgan fingerprint density at radius 1 is 1.31 bits per heavy atom. The summed E-state index contributed by atoms with van der Waals surface area (Å²) in [5.41, 5.74) is 0.0935. The summed E-state index contributed by atoms with van der Waals surface area (Å²) in [4.78, 5) is 30.6. The lowest BCUT2D eigenvalue weighted by molar-refractivity contribution is -0.141. The molecular formula is C19H19F3N2O4S. The first-order valence-corrected chi connectivity index (χ1v) is 9.68. The fourth-order valence-electron chi connectivity index (χ4n) is 2.84. The minimum atomic E-state index is -4.42. The predicted octanol–water partition coefficient (Wildman–Crippen LogP) is 3.54. The Hall–Kier alpha value is -2.46. The summed E-state index contributed by atoms with van der Waals surface area (Å²) in [6, 6.07) is 4.54. The Kier molecular flexibility index (Phi) is 6.23. The molecule has 156 valence electrons. The van der Waals surface area contributed by atoms with Crippen molar-refractivity contribution < 1.29 is 32.2 Å². The van der Waals surface area contributed by atoms with Crippen molar-refractivity contribution in [2.75, 3.05) is 26.3 Å². The monoisotopic (exact) mass is 428 g/mol. The molecule has 1 aliphatic rings. The normalized spacial score (nSPS) is 17.3. The number of halogens is 3. The van der Waals surface area contributed by atoms with E-state index in [2.05, 4.69) is 4.98 Å². The van der Waals surface area contributed by atoms with Crippen LogP contribution in [0.15, 0.2) is 24.3 Å². The number of nitrogens with zero attached hydrogens (tertiary/aromatic N) is 2. The summed E-state index contributed by atoms with van der Waals surface area (Å²) in [5.74, 6) is -0.994. The van der Waals surface area contributed by atoms with Gasteiger partial charge in [-0.05, 0) is 26.0 Å². The molecule has 1 atom stereocenters. The van der Waals surface area contributed by atoms with E-state index in [-0.39, 0.29) is 16.9 Å². The molecule has 0 aliphatic carbocycles. The zero-order valence-corrected chi connectivity index (χ0v) is 16.6. The molecule has 10 heteroatoms. The highest BCUT2D eigenvalue weighted by Gasteiger charge is 2.30. The average Bonchev–Trinajstić information content (AvgIpc) is 3.07. The van der Waals surface area contributed by atoms with E-state index in [1.807, 2.05) is 6.92 Å². The molecule has 0 saturated carbocycles. The summed E-state index contributed by atoms with van der Waals surface area (Å²) in [6.07, 6.45) is -4.49. The lowest BCUT2D eigenvalue weighted by Gasteiger charge is -2.30. The topological polar surface area (TPSA) is 68.7 Å². The smallest absolute Gasteiger partial charge is 0.416 e. The van der Waals surface area contributed by atoms with Gasteiger partial charge in [0, 0.05) is 18.7 Å². The average molecular weight is 428 g/mol. The fraction of sp³-hybridized carbons (Fsp3) is 0.421. The molecule has 0 bridgehead atoms. The van der Waals surface area contributed by atoms with Crippen molar-refractivity contribution in [3.63, 3.8) is 0 Å². The number of benzene rings is 1. The van der Waals surface area contributed by atoms with Crippen molar-refractivity contribution in [2.45, 2.75) is 26.1 Å². The number of amides is 1. The first-order valence-electron chi connectivity index (χ1n) is 8.86. The van der Waals surface area contributed by atoms with Gasteiger partial charge in [-0.2, -0.15) is 13.2 Å². The second-order valence-electron chi connectivity index (χ2n) is 6.61. The third-order valence-electron chi connectivity index (χ3n) is 4.36. The lowest BCUT2D eigenvalue weighted by Crippen LogP contribution is -2.46. The van der Waals surface area contributed by atoms with Gasteiger partial charge >= 0.3 is 12.1 Å². The Morgan fingerprint density at radius 2 is 2.00 bits per heavy atom. The second-order valence-corrected chi connectivity index (χ2v) is 7.61. The van der Waals surface area contributed by atoms with E-state index in [1.165, 1.54) is 12.1 Å². The molecule has 1 fully saturated rings. The van der Waals surface area contributed by atoms with Gasteiger partial charge in [0.1, 0.15) is 9.88 Å². The zero-order chi connectivity index (χ0) is 21.2. The van der Waals surface area contributed by atoms with E-state index < -0.39 is 24.3 Å². The molecule has 29 heavy (non-hydrogen) atoms. The maximum absolute atomic E-state index is 12.7. The third kappa shape index (κ3) is 5.13. The molecule has 1 aromatic heterocycles. The van der Waals surface area contributed by atoms with Crippen molar-refractivity contribution in [1.29, 1.82) is 0 Å². The van der Waals surface area contributed by atoms with Crippen molar-refractivity contribution in [3.05, 3.63) is 40.4 Å². The van der Waals surface area contributed by atoms with Crippen molar-refractivity contribution in [3.8, 4) is 10.6 Å². The first-order chi connectivity index (χ1) is 13.6. The minimum absolute atomic E-state index is 0.0709. The minimum Gasteiger partial charge on any atom is -0.451 e. The highest BCUT2D eigenvalue weighted by atomic mass is 32.1. The molecule has 1 aromatic carbocycles. The van der Waals surface area contributed by atoms with Crippen LogP contribution in [0.5, 0.6) is 0 Å². The van der Waals surface area contributed by atoms with E-state index in [4.69, 9.17) is 9.47 Å². The van der Waals surface area contributed by atoms with Gasteiger partial charge in [0.2, 0.25) is 0 Å². The van der Waals surface area contributed by atoms with E-state index in [0.717, 1.165) is 23.5 Å². The molecule has 0 N–H and O–H groups in total. The number of alkyl halides is 3. The molecule has 1 aliphatic heterocycles. The number of esters is 1. The molecule has 6 nitrogen and oxygen atoms in total. The maximum atomic E-state index is 12.7. The number of carbonyl (C=O) groups excluding carboxylic acids is 2. The van der Waals surface area contributed by atoms with E-state index in [9.17, 15) is 22.8 Å². The predicted molar refractivity (Wildman–Crippen MR) is 99.6 cm³/mol. The molecule has 2 heterocycles. The number of hydrogen-bond acceptors (Lipinski definition) is 6. The SMILES string of the molecule is Cc1nc(-c2ccc(C(F)(F)F)cc2)sc1C(=O)OCC(=O)N1CCOC(C)C1. The summed E-state index contributed by atoms with van der Waals surface area (Å²) in [6.45, 7) is 4.39. The van der Waals surface area contributed by atoms with Crippen LogP contribution in [0.1, 0.15) is 27.9 Å². The second kappa shape index (κ2) is 8.50. The van der Waals surface area contributed by atoms with Crippen LogP contribution >= 0.6 is 11.3 Å². The summed E-state index contributed by atoms with van der Waals surface area (Å²) >= 11 is 1.01. The highest BCUT2D eigenvalue weighted by molar-refractivity contribution is 7.17. The number of thiazole rings is 1. The Balaban J connectivity index is 1.65. The van der Waals surface area contributed by atoms with Gasteiger partial charge in [-0.15, -0.1) is 11.3 Å². The van der Waals surface area contributed by atoms with Crippen LogP contribution in [0.25, 0.3) is 10.6 Å². The molecule has 2 aromatic rings. The Labute approximate surface area is 169 Å². The van der Waals surface area contributed by atoms with Gasteiger partial charge in [0.25, 0.3) is 5.91 Å². The van der Waals surface area contributed by atoms with Crippen LogP contribution in [0.4, 0.5) is 13.2 Å². The van der Waals surface area contributed by atoms with Crippen LogP contribution in [0, 0.1) is 6.92 Å². The van der Waals surface area contributed by atoms with Crippen LogP contribution < -0.4 is 0 Å². The van der Waals surface area contributed by atoms with Gasteiger partial charge in [-0.3, -0.25) is 4.79 Å². The van der Waals surface area contributed by atoms with Crippen LogP contribution in [-0.2, 0) is 20.4 Å². The number of hydrogen-bond donors (Lipinski definition) is 0. The standard InChI is InChI=1S/C19H19F3N2O4S/c1-11-9-24(7-8-27-11)15(25)10-28-18(26)16-12(2)23-17(29-16)13-3-5-14(6-4-13)19(20,21)22/h3-6,11H,7-10H2,1-2H3. The number of rotatable bonds is 4. The maximum Gasteiger partial charge on any atom is 0.416 e. The van der Waals surface area contributed by atoms with E-state index in [1.54, 1.807) is 11.8 Å². The Morgan fingerprint density at radius 3 is 2.62 bits per heavy atom. The van der Waals surface area contributed by atoms with E-state index >= 15 is 0 Å². The van der Waals surface area contributed by atoms with Crippen molar-refractivity contribution in [2.24, 2.45) is 0 Å². The largest absolute Gasteiger partial charge is 0.451 e. The molecule has 1 amide bonds. The van der Waals surface area contributed by atoms with Crippen molar-refractivity contribution >= 4 is 23.2 Å². The van der Waals surface area contributed by atoms with Crippen LogP contribution in [0.2, 0.25) is 0 Å². The highest BCUT2D eigenvalue weighted by Crippen LogP contribution is 2.33. The zero-order valence-electron chi connectivity index (χ0n) is 15.8. The van der Waals surface area contributed by atoms with E-state index in [0.29, 0.717) is 36.0 Å². The number of morpholine rings is 1. The molecule has 0 spiro atoms. The summed E-state index contributed by atoms with van der Waals surface area (Å²) in [5, 5.41) is 0.400. The van der Waals surface area contributed by atoms with Gasteiger partial charge in [0.05, 0.1) is 24.0 Å². The Bertz CT molecular complexity index is 896. The quantitative estimate of drug-likeness (QED) is 0.697. The van der Waals surface area contributed by atoms with Gasteiger partial charge < -0.3 is 14.4 Å². The number of aryl methyl sites for hydroxylation is 1. The summed E-state index contributed by atoms with van der Waals surface area (Å²) < 4.78 is 48.6. The number of carbonyl (C=O) groups is 2. The molecular weight excluding hydrogens is 409 g/mol. The fourth-order valence-corrected chi connectivity index (χ4v) is 3.81. The molecule has 0 radical (unpaired) electrons. The number of ether oxygens (including phenoxy) is 2. The van der Waals surface area contributed by atoms with Gasteiger partial charge in [-0.25, -0.2) is 9.78 Å². The third-order valence-corrected chi connectivity index (χ3v) is 5.55. The molecule has 1 unspecified atom stereocenters. The van der Waals surface area contributed by atoms with Crippen molar-refractivity contribution in [1.82, 2.24) is 9.88 Å². The summed E-state index contributed by atoms with van der Waals surface area (Å²) in [7, 11) is 0. The van der Waals surface area contributed by atoms with Gasteiger partial charge in [0.15, 0.2) is 6.61 Å². The molecule has 1 saturated heterocycles. The van der Waals surface area contributed by atoms with Crippen LogP contribution in [-0.4, -0.2) is 54.2 Å². The van der Waals surface area contributed by atoms with Gasteiger partial charge in [-0.1, -0.05) is 12.1 Å². The lowest BCUT2D eigenvalue weighted by atomic mass is 10.1. The van der Waals surface area contributed by atoms with Crippen LogP contribution in [0.3, 0.4) is 0 Å². The first kappa shape index (κ1) is 21.3.